The molecular formula is C23H23FN2O5. The lowest BCUT2D eigenvalue weighted by molar-refractivity contribution is -0.139. The van der Waals surface area contributed by atoms with Crippen LogP contribution in [0.5, 0.6) is 0 Å². The van der Waals surface area contributed by atoms with E-state index in [1.807, 2.05) is 0 Å². The molecule has 8 heteroatoms. The van der Waals surface area contributed by atoms with E-state index in [1.165, 1.54) is 34.1 Å². The van der Waals surface area contributed by atoms with Gasteiger partial charge in [0.05, 0.1) is 12.1 Å². The maximum atomic E-state index is 13.3. The topological polar surface area (TPSA) is 84.0 Å². The highest BCUT2D eigenvalue weighted by atomic mass is 19.1. The third-order valence-electron chi connectivity index (χ3n) is 5.01. The molecule has 0 radical (unpaired) electrons. The second-order valence-corrected chi connectivity index (χ2v) is 7.18. The number of likely N-dealkylation sites (tertiary alicyclic amines) is 1. The number of carbonyl (C=O) groups excluding carboxylic acids is 4. The Balaban J connectivity index is 1.52. The maximum absolute atomic E-state index is 13.3. The van der Waals surface area contributed by atoms with Crippen LogP contribution in [0.4, 0.5) is 4.39 Å². The van der Waals surface area contributed by atoms with Crippen molar-refractivity contribution in [2.24, 2.45) is 0 Å². The van der Waals surface area contributed by atoms with Gasteiger partial charge < -0.3 is 9.64 Å². The van der Waals surface area contributed by atoms with Crippen LogP contribution in [0.15, 0.2) is 48.5 Å². The van der Waals surface area contributed by atoms with Crippen molar-refractivity contribution in [2.45, 2.75) is 32.9 Å². The average Bonchev–Trinajstić information content (AvgIpc) is 3.08. The van der Waals surface area contributed by atoms with E-state index in [0.29, 0.717) is 17.7 Å². The van der Waals surface area contributed by atoms with E-state index in [1.54, 1.807) is 31.2 Å². The molecule has 31 heavy (non-hydrogen) atoms. The van der Waals surface area contributed by atoms with Crippen molar-refractivity contribution in [3.05, 3.63) is 71.0 Å². The minimum absolute atomic E-state index is 0.164. The fourth-order valence-corrected chi connectivity index (χ4v) is 3.26. The Hall–Kier alpha value is -3.55. The van der Waals surface area contributed by atoms with Gasteiger partial charge in [0.25, 0.3) is 5.91 Å². The smallest absolute Gasteiger partial charge is 0.338 e. The van der Waals surface area contributed by atoms with Crippen molar-refractivity contribution in [1.82, 2.24) is 9.80 Å². The van der Waals surface area contributed by atoms with Crippen molar-refractivity contribution in [1.29, 1.82) is 0 Å². The molecule has 0 N–H and O–H groups in total. The van der Waals surface area contributed by atoms with E-state index < -0.39 is 12.6 Å². The number of esters is 1. The number of imide groups is 1. The average molecular weight is 426 g/mol. The van der Waals surface area contributed by atoms with E-state index in [4.69, 9.17) is 4.74 Å². The highest BCUT2D eigenvalue weighted by Gasteiger charge is 2.28. The largest absolute Gasteiger partial charge is 0.452 e. The fourth-order valence-electron chi connectivity index (χ4n) is 3.26. The van der Waals surface area contributed by atoms with Crippen LogP contribution in [0.1, 0.15) is 41.3 Å². The standard InChI is InChI=1S/C23H23FN2O5/c1-2-25(13-17-4-3-5-19(24)12-17)22(29)15-31-23(30)18-8-6-16(7-9-18)14-26-20(27)10-11-21(26)28/h3-9,12H,2,10-11,13-15H2,1H3. The summed E-state index contributed by atoms with van der Waals surface area (Å²) in [5.74, 6) is -1.83. The zero-order valence-electron chi connectivity index (χ0n) is 17.2. The lowest BCUT2D eigenvalue weighted by atomic mass is 10.1. The zero-order valence-corrected chi connectivity index (χ0v) is 17.2. The van der Waals surface area contributed by atoms with Crippen molar-refractivity contribution in [3.63, 3.8) is 0 Å². The van der Waals surface area contributed by atoms with Gasteiger partial charge in [0.15, 0.2) is 6.61 Å². The molecule has 3 rings (SSSR count). The Morgan fingerprint density at radius 3 is 2.32 bits per heavy atom. The van der Waals surface area contributed by atoms with Crippen molar-refractivity contribution >= 4 is 23.7 Å². The van der Waals surface area contributed by atoms with Gasteiger partial charge in [0.1, 0.15) is 5.82 Å². The first-order valence-electron chi connectivity index (χ1n) is 9.99. The molecule has 0 aromatic heterocycles. The molecule has 0 saturated carbocycles. The number of carbonyl (C=O) groups is 4. The van der Waals surface area contributed by atoms with Crippen LogP contribution in [0.25, 0.3) is 0 Å². The molecule has 0 atom stereocenters. The molecular weight excluding hydrogens is 403 g/mol. The van der Waals surface area contributed by atoms with Gasteiger partial charge in [-0.3, -0.25) is 19.3 Å². The monoisotopic (exact) mass is 426 g/mol. The Labute approximate surface area is 179 Å². The molecule has 1 saturated heterocycles. The summed E-state index contributed by atoms with van der Waals surface area (Å²) in [5.41, 5.74) is 1.61. The summed E-state index contributed by atoms with van der Waals surface area (Å²) in [6.07, 6.45) is 0.455. The SMILES string of the molecule is CCN(Cc1cccc(F)c1)C(=O)COC(=O)c1ccc(CN2C(=O)CCC2=O)cc1. The molecule has 1 aliphatic heterocycles. The molecule has 1 fully saturated rings. The Morgan fingerprint density at radius 2 is 1.71 bits per heavy atom. The van der Waals surface area contributed by atoms with E-state index in [9.17, 15) is 23.6 Å². The quantitative estimate of drug-likeness (QED) is 0.479. The number of benzene rings is 2. The summed E-state index contributed by atoms with van der Waals surface area (Å²) in [6.45, 7) is 2.12. The summed E-state index contributed by atoms with van der Waals surface area (Å²) in [6, 6.07) is 12.3. The second-order valence-electron chi connectivity index (χ2n) is 7.18. The molecule has 2 aromatic carbocycles. The number of ether oxygens (including phenoxy) is 1. The Bertz CT molecular complexity index is 974. The minimum atomic E-state index is -0.657. The van der Waals surface area contributed by atoms with Crippen molar-refractivity contribution in [2.75, 3.05) is 13.2 Å². The minimum Gasteiger partial charge on any atom is -0.452 e. The molecule has 162 valence electrons. The van der Waals surface area contributed by atoms with E-state index in [2.05, 4.69) is 0 Å². The van der Waals surface area contributed by atoms with Gasteiger partial charge in [-0.25, -0.2) is 9.18 Å². The van der Waals surface area contributed by atoms with Gasteiger partial charge in [0, 0.05) is 25.9 Å². The normalized spacial score (nSPS) is 13.4. The molecule has 0 bridgehead atoms. The van der Waals surface area contributed by atoms with Crippen LogP contribution < -0.4 is 0 Å². The molecule has 0 unspecified atom stereocenters. The van der Waals surface area contributed by atoms with Crippen LogP contribution in [-0.4, -0.2) is 46.6 Å². The van der Waals surface area contributed by atoms with Crippen LogP contribution in [0.3, 0.4) is 0 Å². The molecule has 1 heterocycles. The van der Waals surface area contributed by atoms with Crippen LogP contribution in [0.2, 0.25) is 0 Å². The molecule has 7 nitrogen and oxygen atoms in total. The highest BCUT2D eigenvalue weighted by Crippen LogP contribution is 2.16. The Morgan fingerprint density at radius 1 is 1.03 bits per heavy atom. The summed E-state index contributed by atoms with van der Waals surface area (Å²) >= 11 is 0. The van der Waals surface area contributed by atoms with Gasteiger partial charge >= 0.3 is 5.97 Å². The third kappa shape index (κ3) is 5.75. The highest BCUT2D eigenvalue weighted by molar-refractivity contribution is 6.01. The Kier molecular flexibility index (Phi) is 7.12. The summed E-state index contributed by atoms with van der Waals surface area (Å²) in [5, 5.41) is 0. The number of rotatable bonds is 8. The van der Waals surface area contributed by atoms with Crippen LogP contribution in [0, 0.1) is 5.82 Å². The second kappa shape index (κ2) is 9.97. The van der Waals surface area contributed by atoms with E-state index >= 15 is 0 Å². The zero-order chi connectivity index (χ0) is 22.4. The van der Waals surface area contributed by atoms with Crippen LogP contribution in [-0.2, 0) is 32.2 Å². The van der Waals surface area contributed by atoms with Gasteiger partial charge in [-0.1, -0.05) is 24.3 Å². The first-order chi connectivity index (χ1) is 14.9. The molecule has 2 aromatic rings. The summed E-state index contributed by atoms with van der Waals surface area (Å²) in [7, 11) is 0. The third-order valence-corrected chi connectivity index (χ3v) is 5.01. The molecule has 0 spiro atoms. The predicted octanol–water partition coefficient (Wildman–Crippen LogP) is 2.68. The van der Waals surface area contributed by atoms with Gasteiger partial charge in [-0.05, 0) is 42.3 Å². The number of hydrogen-bond donors (Lipinski definition) is 0. The summed E-state index contributed by atoms with van der Waals surface area (Å²) in [4.78, 5) is 50.7. The van der Waals surface area contributed by atoms with Gasteiger partial charge in [0.2, 0.25) is 11.8 Å². The number of amides is 3. The van der Waals surface area contributed by atoms with Crippen molar-refractivity contribution in [3.8, 4) is 0 Å². The van der Waals surface area contributed by atoms with E-state index in [-0.39, 0.29) is 55.0 Å². The number of hydrogen-bond acceptors (Lipinski definition) is 5. The number of nitrogens with zero attached hydrogens (tertiary/aromatic N) is 2. The first-order valence-corrected chi connectivity index (χ1v) is 9.99. The number of halogens is 1. The number of likely N-dealkylation sites (N-methyl/N-ethyl adjacent to an activating group) is 1. The molecule has 0 aliphatic carbocycles. The molecule has 3 amide bonds. The summed E-state index contributed by atoms with van der Waals surface area (Å²) < 4.78 is 18.5. The van der Waals surface area contributed by atoms with Crippen molar-refractivity contribution < 1.29 is 28.3 Å². The lowest BCUT2D eigenvalue weighted by Crippen LogP contribution is -2.34. The lowest BCUT2D eigenvalue weighted by Gasteiger charge is -2.21. The maximum Gasteiger partial charge on any atom is 0.338 e. The fraction of sp³-hybridized carbons (Fsp3) is 0.304. The van der Waals surface area contributed by atoms with E-state index in [0.717, 1.165) is 0 Å². The van der Waals surface area contributed by atoms with Crippen LogP contribution >= 0.6 is 0 Å². The van der Waals surface area contributed by atoms with Gasteiger partial charge in [-0.15, -0.1) is 0 Å². The first kappa shape index (κ1) is 22.1. The van der Waals surface area contributed by atoms with Gasteiger partial charge in [-0.2, -0.15) is 0 Å². The molecule has 1 aliphatic rings. The predicted molar refractivity (Wildman–Crippen MR) is 109 cm³/mol.